The van der Waals surface area contributed by atoms with Gasteiger partial charge in [0.25, 0.3) is 0 Å². The summed E-state index contributed by atoms with van der Waals surface area (Å²) in [4.78, 5) is 13.9. The van der Waals surface area contributed by atoms with Gasteiger partial charge in [-0.3, -0.25) is 4.79 Å². The number of aryl methyl sites for hydroxylation is 1. The standard InChI is InChI=1S/C17H25N3O/c1-12-10-15(7-8-16(12)17(18)21)20(14-5-6-14)11-13-4-2-3-9-19-13/h7-8,10,13-14,19H,2-6,9,11H2,1H3,(H2,18,21). The molecule has 3 rings (SSSR count). The van der Waals surface area contributed by atoms with Crippen molar-refractivity contribution in [3.8, 4) is 0 Å². The molecule has 1 heterocycles. The highest BCUT2D eigenvalue weighted by Gasteiger charge is 2.31. The smallest absolute Gasteiger partial charge is 0.248 e. The maximum Gasteiger partial charge on any atom is 0.248 e. The molecule has 1 aliphatic heterocycles. The fourth-order valence-electron chi connectivity index (χ4n) is 3.27. The summed E-state index contributed by atoms with van der Waals surface area (Å²) in [6.07, 6.45) is 6.45. The Balaban J connectivity index is 1.77. The van der Waals surface area contributed by atoms with Gasteiger partial charge in [0.15, 0.2) is 0 Å². The molecule has 3 N–H and O–H groups in total. The van der Waals surface area contributed by atoms with E-state index in [1.807, 2.05) is 19.1 Å². The second-order valence-corrected chi connectivity index (χ2v) is 6.39. The van der Waals surface area contributed by atoms with Gasteiger partial charge in [0.05, 0.1) is 0 Å². The Morgan fingerprint density at radius 3 is 2.71 bits per heavy atom. The van der Waals surface area contributed by atoms with Gasteiger partial charge >= 0.3 is 0 Å². The number of hydrogen-bond donors (Lipinski definition) is 2. The number of amides is 1. The highest BCUT2D eigenvalue weighted by Crippen LogP contribution is 2.33. The molecule has 2 fully saturated rings. The van der Waals surface area contributed by atoms with E-state index >= 15 is 0 Å². The summed E-state index contributed by atoms with van der Waals surface area (Å²) < 4.78 is 0. The number of carbonyl (C=O) groups is 1. The second-order valence-electron chi connectivity index (χ2n) is 6.39. The summed E-state index contributed by atoms with van der Waals surface area (Å²) in [5.74, 6) is -0.342. The number of anilines is 1. The number of rotatable bonds is 5. The molecule has 1 aliphatic carbocycles. The van der Waals surface area contributed by atoms with Gasteiger partial charge < -0.3 is 16.0 Å². The number of nitrogens with zero attached hydrogens (tertiary/aromatic N) is 1. The van der Waals surface area contributed by atoms with Crippen LogP contribution in [0.5, 0.6) is 0 Å². The molecule has 1 amide bonds. The van der Waals surface area contributed by atoms with Crippen LogP contribution in [0.3, 0.4) is 0 Å². The molecular weight excluding hydrogens is 262 g/mol. The maximum absolute atomic E-state index is 11.4. The Morgan fingerprint density at radius 2 is 2.14 bits per heavy atom. The van der Waals surface area contributed by atoms with Gasteiger partial charge in [-0.1, -0.05) is 6.42 Å². The number of piperidine rings is 1. The number of primary amides is 1. The van der Waals surface area contributed by atoms with Gasteiger partial charge in [-0.15, -0.1) is 0 Å². The van der Waals surface area contributed by atoms with Crippen LogP contribution in [0.25, 0.3) is 0 Å². The topological polar surface area (TPSA) is 58.4 Å². The van der Waals surface area contributed by atoms with Gasteiger partial charge in [0.2, 0.25) is 5.91 Å². The molecule has 0 aromatic heterocycles. The lowest BCUT2D eigenvalue weighted by Gasteiger charge is -2.32. The van der Waals surface area contributed by atoms with Crippen molar-refractivity contribution in [1.82, 2.24) is 5.32 Å². The van der Waals surface area contributed by atoms with Crippen LogP contribution in [-0.2, 0) is 0 Å². The minimum absolute atomic E-state index is 0.342. The van der Waals surface area contributed by atoms with Crippen LogP contribution in [0.1, 0.15) is 48.0 Å². The molecule has 4 heteroatoms. The summed E-state index contributed by atoms with van der Waals surface area (Å²) in [7, 11) is 0. The highest BCUT2D eigenvalue weighted by atomic mass is 16.1. The van der Waals surface area contributed by atoms with Crippen LogP contribution in [0.4, 0.5) is 5.69 Å². The van der Waals surface area contributed by atoms with E-state index in [1.54, 1.807) is 0 Å². The zero-order valence-electron chi connectivity index (χ0n) is 12.8. The van der Waals surface area contributed by atoms with Crippen LogP contribution < -0.4 is 16.0 Å². The second kappa shape index (κ2) is 6.06. The van der Waals surface area contributed by atoms with Crippen molar-refractivity contribution in [2.75, 3.05) is 18.0 Å². The molecule has 0 radical (unpaired) electrons. The third-order valence-corrected chi connectivity index (χ3v) is 4.62. The molecule has 1 unspecified atom stereocenters. The summed E-state index contributed by atoms with van der Waals surface area (Å²) in [6, 6.07) is 7.30. The first-order valence-corrected chi connectivity index (χ1v) is 8.05. The highest BCUT2D eigenvalue weighted by molar-refractivity contribution is 5.94. The number of carbonyl (C=O) groups excluding carboxylic acids is 1. The molecule has 0 spiro atoms. The monoisotopic (exact) mass is 287 g/mol. The Kier molecular flexibility index (Phi) is 4.15. The Bertz CT molecular complexity index is 519. The van der Waals surface area contributed by atoms with Crippen LogP contribution in [0, 0.1) is 6.92 Å². The molecule has 4 nitrogen and oxygen atoms in total. The SMILES string of the molecule is Cc1cc(N(CC2CCCCN2)C2CC2)ccc1C(N)=O. The molecule has 2 aliphatic rings. The van der Waals surface area contributed by atoms with Crippen LogP contribution in [-0.4, -0.2) is 31.1 Å². The summed E-state index contributed by atoms with van der Waals surface area (Å²) in [5, 5.41) is 3.63. The number of nitrogens with two attached hydrogens (primary N) is 1. The zero-order valence-corrected chi connectivity index (χ0v) is 12.8. The number of nitrogens with one attached hydrogen (secondary N) is 1. The summed E-state index contributed by atoms with van der Waals surface area (Å²) in [6.45, 7) is 4.18. The average molecular weight is 287 g/mol. The van der Waals surface area contributed by atoms with Gasteiger partial charge in [0, 0.05) is 29.9 Å². The van der Waals surface area contributed by atoms with Crippen LogP contribution in [0.2, 0.25) is 0 Å². The first kappa shape index (κ1) is 14.4. The normalized spacial score (nSPS) is 22.0. The van der Waals surface area contributed by atoms with Crippen molar-refractivity contribution in [1.29, 1.82) is 0 Å². The van der Waals surface area contributed by atoms with E-state index in [4.69, 9.17) is 5.73 Å². The third-order valence-electron chi connectivity index (χ3n) is 4.62. The van der Waals surface area contributed by atoms with Crippen molar-refractivity contribution in [2.45, 2.75) is 51.1 Å². The number of hydrogen-bond acceptors (Lipinski definition) is 3. The third kappa shape index (κ3) is 3.38. The zero-order chi connectivity index (χ0) is 14.8. The fraction of sp³-hybridized carbons (Fsp3) is 0.588. The van der Waals surface area contributed by atoms with Gasteiger partial charge in [0.1, 0.15) is 0 Å². The average Bonchev–Trinajstić information content (AvgIpc) is 3.30. The molecule has 0 bridgehead atoms. The lowest BCUT2D eigenvalue weighted by molar-refractivity contribution is 0.0999. The predicted octanol–water partition coefficient (Wildman–Crippen LogP) is 2.20. The summed E-state index contributed by atoms with van der Waals surface area (Å²) >= 11 is 0. The fourth-order valence-corrected chi connectivity index (χ4v) is 3.27. The lowest BCUT2D eigenvalue weighted by atomic mass is 10.0. The van der Waals surface area contributed by atoms with E-state index in [9.17, 15) is 4.79 Å². The Labute approximate surface area is 126 Å². The molecular formula is C17H25N3O. The van der Waals surface area contributed by atoms with E-state index in [0.29, 0.717) is 17.6 Å². The van der Waals surface area contributed by atoms with Crippen molar-refractivity contribution < 1.29 is 4.79 Å². The quantitative estimate of drug-likeness (QED) is 0.873. The van der Waals surface area contributed by atoms with E-state index in [1.165, 1.54) is 37.8 Å². The minimum Gasteiger partial charge on any atom is -0.367 e. The molecule has 1 saturated heterocycles. The summed E-state index contributed by atoms with van der Waals surface area (Å²) in [5.41, 5.74) is 8.23. The predicted molar refractivity (Wildman–Crippen MR) is 85.7 cm³/mol. The molecule has 1 aromatic rings. The van der Waals surface area contributed by atoms with E-state index in [0.717, 1.165) is 18.7 Å². The van der Waals surface area contributed by atoms with Gasteiger partial charge in [-0.2, -0.15) is 0 Å². The van der Waals surface area contributed by atoms with Crippen molar-refractivity contribution in [3.05, 3.63) is 29.3 Å². The Morgan fingerprint density at radius 1 is 1.33 bits per heavy atom. The lowest BCUT2D eigenvalue weighted by Crippen LogP contribution is -2.44. The van der Waals surface area contributed by atoms with Crippen LogP contribution >= 0.6 is 0 Å². The van der Waals surface area contributed by atoms with E-state index < -0.39 is 0 Å². The molecule has 1 saturated carbocycles. The van der Waals surface area contributed by atoms with Crippen molar-refractivity contribution >= 4 is 11.6 Å². The minimum atomic E-state index is -0.342. The van der Waals surface area contributed by atoms with Gasteiger partial charge in [-0.05, 0) is 62.9 Å². The van der Waals surface area contributed by atoms with Crippen molar-refractivity contribution in [3.63, 3.8) is 0 Å². The first-order chi connectivity index (χ1) is 10.1. The largest absolute Gasteiger partial charge is 0.367 e. The molecule has 114 valence electrons. The maximum atomic E-state index is 11.4. The van der Waals surface area contributed by atoms with E-state index in [2.05, 4.69) is 16.3 Å². The molecule has 1 aromatic carbocycles. The van der Waals surface area contributed by atoms with Crippen LogP contribution in [0.15, 0.2) is 18.2 Å². The van der Waals surface area contributed by atoms with E-state index in [-0.39, 0.29) is 5.91 Å². The first-order valence-electron chi connectivity index (χ1n) is 8.05. The number of benzene rings is 1. The molecule has 21 heavy (non-hydrogen) atoms. The molecule has 1 atom stereocenters. The van der Waals surface area contributed by atoms with Crippen molar-refractivity contribution in [2.24, 2.45) is 5.73 Å². The van der Waals surface area contributed by atoms with Gasteiger partial charge in [-0.25, -0.2) is 0 Å². The Hall–Kier alpha value is -1.55.